The molecule has 0 saturated carbocycles. The first-order valence-electron chi connectivity index (χ1n) is 4.59. The summed E-state index contributed by atoms with van der Waals surface area (Å²) in [5.74, 6) is 0.498. The molecule has 0 aromatic rings. The summed E-state index contributed by atoms with van der Waals surface area (Å²) in [6.07, 6.45) is 3.43. The maximum atomic E-state index is 10.3. The third-order valence-electron chi connectivity index (χ3n) is 2.68. The highest BCUT2D eigenvalue weighted by atomic mass is 16.7. The second-order valence-electron chi connectivity index (χ2n) is 3.55. The molecule has 72 valence electrons. The van der Waals surface area contributed by atoms with E-state index in [0.29, 0.717) is 12.3 Å². The van der Waals surface area contributed by atoms with Crippen LogP contribution in [0.25, 0.3) is 0 Å². The predicted octanol–water partition coefficient (Wildman–Crippen LogP) is 1.34. The van der Waals surface area contributed by atoms with E-state index in [1.54, 1.807) is 0 Å². The highest BCUT2D eigenvalue weighted by molar-refractivity contribution is 5.57. The van der Waals surface area contributed by atoms with E-state index in [0.717, 1.165) is 19.4 Å². The van der Waals surface area contributed by atoms with Gasteiger partial charge in [0.2, 0.25) is 0 Å². The zero-order valence-electron chi connectivity index (χ0n) is 7.32. The number of fused-ring (bicyclic) bond motifs is 1. The Morgan fingerprint density at radius 2 is 2.54 bits per heavy atom. The Bertz CT molecular complexity index is 249. The van der Waals surface area contributed by atoms with E-state index in [4.69, 9.17) is 9.84 Å². The third kappa shape index (κ3) is 1.76. The van der Waals surface area contributed by atoms with Crippen molar-refractivity contribution in [2.45, 2.75) is 25.4 Å². The number of allylic oxidation sites excluding steroid dienone is 1. The second kappa shape index (κ2) is 3.28. The third-order valence-corrected chi connectivity index (χ3v) is 2.68. The minimum Gasteiger partial charge on any atom is -0.450 e. The van der Waals surface area contributed by atoms with Crippen molar-refractivity contribution in [2.75, 3.05) is 6.54 Å². The normalized spacial score (nSPS) is 31.5. The molecule has 1 heterocycles. The number of rotatable bonds is 1. The van der Waals surface area contributed by atoms with Crippen molar-refractivity contribution < 1.29 is 14.6 Å². The van der Waals surface area contributed by atoms with E-state index in [1.807, 2.05) is 0 Å². The molecule has 0 aromatic carbocycles. The molecular weight excluding hydrogens is 170 g/mol. The fourth-order valence-electron chi connectivity index (χ4n) is 2.09. The van der Waals surface area contributed by atoms with E-state index in [9.17, 15) is 4.79 Å². The van der Waals surface area contributed by atoms with Crippen molar-refractivity contribution in [1.82, 2.24) is 5.32 Å². The van der Waals surface area contributed by atoms with E-state index < -0.39 is 6.16 Å². The first kappa shape index (κ1) is 8.41. The summed E-state index contributed by atoms with van der Waals surface area (Å²) in [5, 5.41) is 11.7. The monoisotopic (exact) mass is 183 g/mol. The van der Waals surface area contributed by atoms with Gasteiger partial charge in [0.1, 0.15) is 6.10 Å². The van der Waals surface area contributed by atoms with Crippen molar-refractivity contribution in [3.8, 4) is 0 Å². The van der Waals surface area contributed by atoms with Crippen molar-refractivity contribution in [3.63, 3.8) is 0 Å². The summed E-state index contributed by atoms with van der Waals surface area (Å²) in [6.45, 7) is 1.01. The van der Waals surface area contributed by atoms with Crippen LogP contribution in [0.3, 0.4) is 0 Å². The zero-order valence-corrected chi connectivity index (χ0v) is 7.32. The number of hydrogen-bond acceptors (Lipinski definition) is 3. The molecule has 0 bridgehead atoms. The van der Waals surface area contributed by atoms with Crippen LogP contribution in [0.5, 0.6) is 0 Å². The quantitative estimate of drug-likeness (QED) is 0.602. The first-order valence-corrected chi connectivity index (χ1v) is 4.59. The van der Waals surface area contributed by atoms with Gasteiger partial charge in [-0.25, -0.2) is 4.79 Å². The van der Waals surface area contributed by atoms with Gasteiger partial charge in [0.05, 0.1) is 0 Å². The average Bonchev–Trinajstić information content (AvgIpc) is 2.49. The van der Waals surface area contributed by atoms with Crippen molar-refractivity contribution in [1.29, 1.82) is 0 Å². The smallest absolute Gasteiger partial charge is 0.450 e. The second-order valence-corrected chi connectivity index (χ2v) is 3.55. The molecule has 0 aromatic heterocycles. The van der Waals surface area contributed by atoms with Crippen LogP contribution in [0, 0.1) is 5.92 Å². The van der Waals surface area contributed by atoms with E-state index in [1.165, 1.54) is 5.70 Å². The Kier molecular flexibility index (Phi) is 2.12. The Balaban J connectivity index is 1.95. The molecular formula is C9H13NO3. The van der Waals surface area contributed by atoms with Gasteiger partial charge in [0.25, 0.3) is 0 Å². The molecule has 4 heteroatoms. The molecule has 0 radical (unpaired) electrons. The van der Waals surface area contributed by atoms with Gasteiger partial charge in [-0.2, -0.15) is 0 Å². The van der Waals surface area contributed by atoms with Crippen LogP contribution in [0.2, 0.25) is 0 Å². The Labute approximate surface area is 76.6 Å². The lowest BCUT2D eigenvalue weighted by Gasteiger charge is -2.23. The maximum absolute atomic E-state index is 10.3. The number of carbonyl (C=O) groups is 1. The highest BCUT2D eigenvalue weighted by Gasteiger charge is 2.29. The van der Waals surface area contributed by atoms with Gasteiger partial charge in [0, 0.05) is 24.6 Å². The summed E-state index contributed by atoms with van der Waals surface area (Å²) in [7, 11) is 0. The van der Waals surface area contributed by atoms with Gasteiger partial charge in [-0.3, -0.25) is 0 Å². The molecule has 13 heavy (non-hydrogen) atoms. The Morgan fingerprint density at radius 3 is 3.31 bits per heavy atom. The summed E-state index contributed by atoms with van der Waals surface area (Å²) >= 11 is 0. The molecule has 2 unspecified atom stereocenters. The van der Waals surface area contributed by atoms with E-state index >= 15 is 0 Å². The van der Waals surface area contributed by atoms with Crippen LogP contribution in [0.15, 0.2) is 11.8 Å². The number of nitrogens with one attached hydrogen (secondary N) is 1. The highest BCUT2D eigenvalue weighted by Crippen LogP contribution is 2.31. The van der Waals surface area contributed by atoms with Crippen LogP contribution >= 0.6 is 0 Å². The fourth-order valence-corrected chi connectivity index (χ4v) is 2.09. The van der Waals surface area contributed by atoms with Crippen molar-refractivity contribution in [3.05, 3.63) is 11.8 Å². The Hall–Kier alpha value is -1.19. The standard InChI is InChI=1S/C9H13NO3/c11-9(12)13-7-1-2-8-6(5-7)3-4-10-8/h2,6-7,10H,1,3-5H2,(H,11,12). The summed E-state index contributed by atoms with van der Waals surface area (Å²) in [6, 6.07) is 0. The predicted molar refractivity (Wildman–Crippen MR) is 46.3 cm³/mol. The van der Waals surface area contributed by atoms with Crippen molar-refractivity contribution in [2.24, 2.45) is 5.92 Å². The molecule has 1 saturated heterocycles. The summed E-state index contributed by atoms with van der Waals surface area (Å²) in [4.78, 5) is 10.3. The molecule has 2 N–H and O–H groups in total. The molecule has 1 fully saturated rings. The minimum atomic E-state index is -1.16. The van der Waals surface area contributed by atoms with Crippen molar-refractivity contribution >= 4 is 6.16 Å². The maximum Gasteiger partial charge on any atom is 0.506 e. The summed E-state index contributed by atoms with van der Waals surface area (Å²) in [5.41, 5.74) is 1.28. The molecule has 2 aliphatic rings. The molecule has 2 rings (SSSR count). The number of hydrogen-bond donors (Lipinski definition) is 2. The van der Waals surface area contributed by atoms with Gasteiger partial charge < -0.3 is 15.2 Å². The fraction of sp³-hybridized carbons (Fsp3) is 0.667. The summed E-state index contributed by atoms with van der Waals surface area (Å²) < 4.78 is 4.74. The SMILES string of the molecule is O=C(O)OC1CC=C2NCCC2C1. The van der Waals surface area contributed by atoms with Gasteiger partial charge >= 0.3 is 6.16 Å². The Morgan fingerprint density at radius 1 is 1.69 bits per heavy atom. The van der Waals surface area contributed by atoms with Crippen LogP contribution in [-0.2, 0) is 4.74 Å². The van der Waals surface area contributed by atoms with Gasteiger partial charge in [-0.05, 0) is 12.8 Å². The lowest BCUT2D eigenvalue weighted by molar-refractivity contribution is 0.0419. The van der Waals surface area contributed by atoms with E-state index in [2.05, 4.69) is 11.4 Å². The lowest BCUT2D eigenvalue weighted by Crippen LogP contribution is -2.24. The topological polar surface area (TPSA) is 58.6 Å². The minimum absolute atomic E-state index is 0.133. The molecule has 0 amide bonds. The van der Waals surface area contributed by atoms with Crippen LogP contribution in [0.1, 0.15) is 19.3 Å². The molecule has 4 nitrogen and oxygen atoms in total. The molecule has 2 atom stereocenters. The number of carboxylic acid groups (broad SMARTS) is 1. The lowest BCUT2D eigenvalue weighted by atomic mass is 9.90. The molecule has 1 aliphatic heterocycles. The first-order chi connectivity index (χ1) is 6.25. The average molecular weight is 183 g/mol. The zero-order chi connectivity index (χ0) is 9.26. The van der Waals surface area contributed by atoms with Gasteiger partial charge in [-0.15, -0.1) is 0 Å². The van der Waals surface area contributed by atoms with Crippen LogP contribution < -0.4 is 5.32 Å². The van der Waals surface area contributed by atoms with Crippen LogP contribution in [-0.4, -0.2) is 23.9 Å². The van der Waals surface area contributed by atoms with E-state index in [-0.39, 0.29) is 6.10 Å². The van der Waals surface area contributed by atoms with Gasteiger partial charge in [0.15, 0.2) is 0 Å². The van der Waals surface area contributed by atoms with Gasteiger partial charge in [-0.1, -0.05) is 6.08 Å². The van der Waals surface area contributed by atoms with Crippen LogP contribution in [0.4, 0.5) is 4.79 Å². The molecule has 1 aliphatic carbocycles. The number of ether oxygens (including phenoxy) is 1. The largest absolute Gasteiger partial charge is 0.506 e. The molecule has 0 spiro atoms.